The van der Waals surface area contributed by atoms with E-state index in [-0.39, 0.29) is 25.3 Å². The van der Waals surface area contributed by atoms with Crippen LogP contribution in [0.4, 0.5) is 4.79 Å². The molecule has 14 heteroatoms. The number of nitrogens with one attached hydrogen (secondary N) is 2. The molecule has 6 rings (SSSR count). The van der Waals surface area contributed by atoms with Gasteiger partial charge < -0.3 is 34.1 Å². The minimum Gasteiger partial charge on any atom is -0.508 e. The fourth-order valence-corrected chi connectivity index (χ4v) is 8.14. The second-order valence-electron chi connectivity index (χ2n) is 17.3. The molecule has 2 aromatic heterocycles. The molecule has 4 heterocycles. The Morgan fingerprint density at radius 2 is 1.86 bits per heavy atom. The average Bonchev–Trinajstić information content (AvgIpc) is 3.49. The molecule has 2 aliphatic heterocycles. The first-order chi connectivity index (χ1) is 27.9. The number of carbonyl (C=O) groups excluding carboxylic acids is 4. The number of hydrogen-bond donors (Lipinski definition) is 3. The first-order valence-corrected chi connectivity index (χ1v) is 20.3. The first kappa shape index (κ1) is 43.1. The topological polar surface area (TPSA) is 165 Å². The normalized spacial score (nSPS) is 20.2. The Kier molecular flexibility index (Phi) is 12.7. The number of phenolic OH excluding ortho intramolecular Hbond substituents is 1. The molecular formula is C45H58N6O8. The predicted molar refractivity (Wildman–Crippen MR) is 224 cm³/mol. The van der Waals surface area contributed by atoms with Crippen LogP contribution < -0.4 is 10.7 Å². The van der Waals surface area contributed by atoms with Gasteiger partial charge in [-0.15, -0.1) is 0 Å². The van der Waals surface area contributed by atoms with Gasteiger partial charge in [0.2, 0.25) is 0 Å². The molecule has 2 aliphatic rings. The largest absolute Gasteiger partial charge is 0.508 e. The Morgan fingerprint density at radius 3 is 2.56 bits per heavy atom. The number of aromatic nitrogens is 2. The van der Waals surface area contributed by atoms with Gasteiger partial charge >= 0.3 is 12.1 Å². The van der Waals surface area contributed by atoms with E-state index in [1.54, 1.807) is 46.2 Å². The second-order valence-corrected chi connectivity index (χ2v) is 17.3. The third kappa shape index (κ3) is 9.23. The second kappa shape index (κ2) is 17.4. The summed E-state index contributed by atoms with van der Waals surface area (Å²) in [6.45, 7) is 12.9. The maximum absolute atomic E-state index is 14.5. The van der Waals surface area contributed by atoms with Gasteiger partial charge in [-0.1, -0.05) is 39.8 Å². The van der Waals surface area contributed by atoms with E-state index in [4.69, 9.17) is 14.2 Å². The highest BCUT2D eigenvalue weighted by Gasteiger charge is 2.43. The van der Waals surface area contributed by atoms with Crippen molar-refractivity contribution in [3.8, 4) is 28.1 Å². The zero-order valence-electron chi connectivity index (χ0n) is 35.7. The highest BCUT2D eigenvalue weighted by molar-refractivity contribution is 5.96. The molecule has 1 fully saturated rings. The number of pyridine rings is 1. The summed E-state index contributed by atoms with van der Waals surface area (Å²) in [5.74, 6) is -2.06. The zero-order chi connectivity index (χ0) is 42.8. The number of cyclic esters (lactones) is 1. The first-order valence-electron chi connectivity index (χ1n) is 20.3. The van der Waals surface area contributed by atoms with E-state index in [1.165, 1.54) is 24.0 Å². The molecule has 0 unspecified atom stereocenters. The number of carbonyl (C=O) groups is 4. The van der Waals surface area contributed by atoms with E-state index < -0.39 is 52.9 Å². The maximum Gasteiger partial charge on any atom is 0.410 e. The van der Waals surface area contributed by atoms with Crippen LogP contribution >= 0.6 is 0 Å². The monoisotopic (exact) mass is 810 g/mol. The van der Waals surface area contributed by atoms with Crippen LogP contribution in [-0.4, -0.2) is 100 Å². The van der Waals surface area contributed by atoms with Gasteiger partial charge in [0, 0.05) is 75.0 Å². The highest BCUT2D eigenvalue weighted by Crippen LogP contribution is 2.41. The average molecular weight is 811 g/mol. The lowest BCUT2D eigenvalue weighted by atomic mass is 9.84. The Bertz CT molecular complexity index is 2230. The molecule has 316 valence electrons. The molecule has 3 amide bonds. The summed E-state index contributed by atoms with van der Waals surface area (Å²) in [4.78, 5) is 60.8. The van der Waals surface area contributed by atoms with Crippen LogP contribution in [0.25, 0.3) is 33.3 Å². The van der Waals surface area contributed by atoms with Gasteiger partial charge in [0.15, 0.2) is 6.10 Å². The molecular weight excluding hydrogens is 753 g/mol. The number of rotatable bonds is 8. The minimum absolute atomic E-state index is 0.0105. The van der Waals surface area contributed by atoms with E-state index in [1.807, 2.05) is 24.4 Å². The van der Waals surface area contributed by atoms with Crippen LogP contribution in [0.3, 0.4) is 0 Å². The number of fused-ring (bicyclic) bond motifs is 6. The van der Waals surface area contributed by atoms with Gasteiger partial charge in [0.05, 0.1) is 18.9 Å². The van der Waals surface area contributed by atoms with Gasteiger partial charge in [-0.2, -0.15) is 0 Å². The van der Waals surface area contributed by atoms with E-state index in [9.17, 15) is 24.3 Å². The van der Waals surface area contributed by atoms with E-state index in [0.29, 0.717) is 38.0 Å². The Morgan fingerprint density at radius 1 is 1.10 bits per heavy atom. The third-order valence-corrected chi connectivity index (χ3v) is 11.2. The van der Waals surface area contributed by atoms with E-state index in [2.05, 4.69) is 53.2 Å². The molecule has 3 atom stereocenters. The van der Waals surface area contributed by atoms with Gasteiger partial charge in [-0.25, -0.2) is 15.0 Å². The number of aryl methyl sites for hydroxylation is 1. The molecule has 14 nitrogen and oxygen atoms in total. The van der Waals surface area contributed by atoms with Gasteiger partial charge in [0.1, 0.15) is 17.3 Å². The summed E-state index contributed by atoms with van der Waals surface area (Å²) >= 11 is 0. The quantitative estimate of drug-likeness (QED) is 0.180. The predicted octanol–water partition coefficient (Wildman–Crippen LogP) is 6.00. The molecule has 0 spiro atoms. The van der Waals surface area contributed by atoms with Crippen molar-refractivity contribution >= 4 is 34.8 Å². The molecule has 0 aliphatic carbocycles. The van der Waals surface area contributed by atoms with Crippen molar-refractivity contribution in [2.45, 2.75) is 98.1 Å². The molecule has 0 radical (unpaired) electrons. The smallest absolute Gasteiger partial charge is 0.410 e. The van der Waals surface area contributed by atoms with Crippen molar-refractivity contribution in [3.05, 3.63) is 71.5 Å². The highest BCUT2D eigenvalue weighted by atomic mass is 16.6. The number of amides is 3. The van der Waals surface area contributed by atoms with Crippen LogP contribution in [0, 0.1) is 11.3 Å². The van der Waals surface area contributed by atoms with E-state index in [0.717, 1.165) is 44.4 Å². The van der Waals surface area contributed by atoms with Crippen LogP contribution in [0.2, 0.25) is 0 Å². The summed E-state index contributed by atoms with van der Waals surface area (Å²) in [7, 11) is 4.71. The fraction of sp³-hybridized carbons (Fsp3) is 0.489. The number of methoxy groups -OCH3 is 1. The lowest BCUT2D eigenvalue weighted by Gasteiger charge is -2.41. The van der Waals surface area contributed by atoms with Crippen molar-refractivity contribution < 1.29 is 38.5 Å². The number of benzene rings is 2. The van der Waals surface area contributed by atoms with Crippen LogP contribution in [0.5, 0.6) is 5.75 Å². The van der Waals surface area contributed by atoms with Crippen LogP contribution in [0.15, 0.2) is 54.9 Å². The molecule has 6 bridgehead atoms. The lowest BCUT2D eigenvalue weighted by molar-refractivity contribution is -0.162. The maximum atomic E-state index is 14.5. The van der Waals surface area contributed by atoms with Crippen LogP contribution in [-0.2, 0) is 54.6 Å². The summed E-state index contributed by atoms with van der Waals surface area (Å²) < 4.78 is 19.6. The van der Waals surface area contributed by atoms with Crippen molar-refractivity contribution in [1.29, 1.82) is 0 Å². The third-order valence-electron chi connectivity index (χ3n) is 11.2. The molecule has 59 heavy (non-hydrogen) atoms. The number of hydrazine groups is 1. The van der Waals surface area contributed by atoms with Gasteiger partial charge in [0.25, 0.3) is 11.8 Å². The Labute approximate surface area is 346 Å². The molecule has 0 saturated carbocycles. The number of nitrogens with zero attached hydrogens (tertiary/aromatic N) is 4. The SMILES string of the molecule is CCn1c(-c2cnccc2COC)c2c3cc(ccc31)-c1cc(O)cc(c1)C[C@H](NC(=O)[C@@H](OC(=O)N(C)C)C(C)C)C(=O)N1CCC[C@@](C)(N1)C(=O)OCC(C)(C)C2. The summed E-state index contributed by atoms with van der Waals surface area (Å²) in [5, 5.41) is 16.4. The Balaban J connectivity index is 1.52. The molecule has 2 aromatic carbocycles. The molecule has 1 saturated heterocycles. The number of aromatic hydroxyl groups is 1. The number of ether oxygens (including phenoxy) is 3. The van der Waals surface area contributed by atoms with Crippen molar-refractivity contribution in [2.75, 3.05) is 34.4 Å². The van der Waals surface area contributed by atoms with Crippen molar-refractivity contribution in [3.63, 3.8) is 0 Å². The zero-order valence-corrected chi connectivity index (χ0v) is 35.7. The minimum atomic E-state index is -1.24. The number of esters is 1. The summed E-state index contributed by atoms with van der Waals surface area (Å²) in [6.07, 6.45) is 3.20. The van der Waals surface area contributed by atoms with Crippen molar-refractivity contribution in [2.24, 2.45) is 11.3 Å². The Hall–Kier alpha value is -5.47. The van der Waals surface area contributed by atoms with E-state index >= 15 is 0 Å². The van der Waals surface area contributed by atoms with Gasteiger partial charge in [-0.3, -0.25) is 19.6 Å². The van der Waals surface area contributed by atoms with Crippen LogP contribution in [0.1, 0.15) is 71.1 Å². The standard InChI is InChI=1S/C45H58N6O8/c1-10-50-37-13-12-29-22-33(37)34(38(50)35-24-46-16-14-30(35)25-57-9)23-44(4,5)26-58-42(55)45(6)15-11-17-51(48-45)41(54)36(20-28-18-31(29)21-32(52)19-28)47-40(53)39(27(2)3)59-43(56)49(7)8/h12-14,16,18-19,21-22,24,27,36,39,48,52H,10-11,15,17,20,23,25-26H2,1-9H3,(H,47,53)/t36-,39-,45+/m0/s1. The molecule has 4 aromatic rings. The fourth-order valence-electron chi connectivity index (χ4n) is 8.14. The number of phenols is 1. The summed E-state index contributed by atoms with van der Waals surface area (Å²) in [6, 6.07) is 12.2. The molecule has 3 N–H and O–H groups in total. The number of hydrogen-bond acceptors (Lipinski definition) is 10. The summed E-state index contributed by atoms with van der Waals surface area (Å²) in [5.41, 5.74) is 8.53. The van der Waals surface area contributed by atoms with Gasteiger partial charge in [-0.05, 0) is 97.2 Å². The lowest BCUT2D eigenvalue weighted by Crippen LogP contribution is -2.66. The van der Waals surface area contributed by atoms with Crippen molar-refractivity contribution in [1.82, 2.24) is 30.2 Å².